The Morgan fingerprint density at radius 3 is 2.47 bits per heavy atom. The number of anilines is 1. The van der Waals surface area contributed by atoms with Gasteiger partial charge in [0.1, 0.15) is 5.82 Å². The van der Waals surface area contributed by atoms with Crippen LogP contribution in [0.4, 0.5) is 10.1 Å². The third-order valence-corrected chi connectivity index (χ3v) is 3.36. The zero-order valence-electron chi connectivity index (χ0n) is 10.0. The lowest BCUT2D eigenvalue weighted by molar-refractivity contribution is -0.901. The van der Waals surface area contributed by atoms with E-state index in [2.05, 4.69) is 5.32 Å². The molecule has 92 valence electrons. The van der Waals surface area contributed by atoms with E-state index in [1.807, 2.05) is 6.92 Å². The normalized spacial score (nSPS) is 18.0. The fourth-order valence-electron chi connectivity index (χ4n) is 2.23. The van der Waals surface area contributed by atoms with Gasteiger partial charge in [0.15, 0.2) is 6.04 Å². The zero-order valence-corrected chi connectivity index (χ0v) is 10.0. The van der Waals surface area contributed by atoms with Gasteiger partial charge in [-0.05, 0) is 31.2 Å². The van der Waals surface area contributed by atoms with Crippen molar-refractivity contribution in [2.24, 2.45) is 0 Å². The number of carbonyl (C=O) groups is 1. The van der Waals surface area contributed by atoms with Crippen molar-refractivity contribution in [3.8, 4) is 0 Å². The van der Waals surface area contributed by atoms with E-state index >= 15 is 0 Å². The molecule has 0 spiro atoms. The lowest BCUT2D eigenvalue weighted by atomic mass is 10.2. The molecule has 0 radical (unpaired) electrons. The molecule has 0 aromatic heterocycles. The van der Waals surface area contributed by atoms with Gasteiger partial charge in [0, 0.05) is 18.5 Å². The maximum absolute atomic E-state index is 12.7. The minimum atomic E-state index is -0.291. The minimum Gasteiger partial charge on any atom is -0.325 e. The van der Waals surface area contributed by atoms with E-state index in [0.717, 1.165) is 13.1 Å². The van der Waals surface area contributed by atoms with Crippen LogP contribution < -0.4 is 10.2 Å². The quantitative estimate of drug-likeness (QED) is 0.802. The number of rotatable bonds is 3. The molecule has 0 bridgehead atoms. The Labute approximate surface area is 101 Å². The molecule has 1 fully saturated rings. The molecular weight excluding hydrogens is 219 g/mol. The standard InChI is InChI=1S/C13H17FN2O/c1-10(16-8-2-3-9-16)13(17)15-12-6-4-11(14)5-7-12/h4-7,10H,2-3,8-9H2,1H3,(H,15,17)/p+1/t10-/m0/s1. The molecule has 1 aromatic rings. The summed E-state index contributed by atoms with van der Waals surface area (Å²) in [6.07, 6.45) is 2.40. The minimum absolute atomic E-state index is 0.00788. The second-order valence-electron chi connectivity index (χ2n) is 4.58. The predicted molar refractivity (Wildman–Crippen MR) is 64.4 cm³/mol. The number of amides is 1. The number of benzene rings is 1. The van der Waals surface area contributed by atoms with E-state index in [1.54, 1.807) is 12.1 Å². The number of carbonyl (C=O) groups excluding carboxylic acids is 1. The summed E-state index contributed by atoms with van der Waals surface area (Å²) >= 11 is 0. The summed E-state index contributed by atoms with van der Waals surface area (Å²) in [5, 5.41) is 2.82. The highest BCUT2D eigenvalue weighted by Gasteiger charge is 2.27. The number of halogens is 1. The SMILES string of the molecule is C[C@@H](C(=O)Nc1ccc(F)cc1)[NH+]1CCCC1. The van der Waals surface area contributed by atoms with Crippen LogP contribution in [0.3, 0.4) is 0 Å². The molecular formula is C13H18FN2O+. The smallest absolute Gasteiger partial charge is 0.282 e. The monoisotopic (exact) mass is 237 g/mol. The molecule has 2 N–H and O–H groups in total. The molecule has 1 aliphatic heterocycles. The second kappa shape index (κ2) is 5.27. The van der Waals surface area contributed by atoms with Crippen molar-refractivity contribution in [1.29, 1.82) is 0 Å². The molecule has 2 rings (SSSR count). The van der Waals surface area contributed by atoms with Crippen molar-refractivity contribution >= 4 is 11.6 Å². The van der Waals surface area contributed by atoms with Gasteiger partial charge >= 0.3 is 0 Å². The first-order valence-electron chi connectivity index (χ1n) is 6.08. The summed E-state index contributed by atoms with van der Waals surface area (Å²) in [4.78, 5) is 13.3. The van der Waals surface area contributed by atoms with Crippen molar-refractivity contribution in [1.82, 2.24) is 0 Å². The van der Waals surface area contributed by atoms with E-state index in [9.17, 15) is 9.18 Å². The average Bonchev–Trinajstić information content (AvgIpc) is 2.84. The van der Waals surface area contributed by atoms with Crippen LogP contribution in [-0.2, 0) is 4.79 Å². The first-order chi connectivity index (χ1) is 8.16. The Kier molecular flexibility index (Phi) is 3.74. The molecule has 1 heterocycles. The van der Waals surface area contributed by atoms with Crippen LogP contribution >= 0.6 is 0 Å². The highest BCUT2D eigenvalue weighted by Crippen LogP contribution is 2.08. The maximum atomic E-state index is 12.7. The lowest BCUT2D eigenvalue weighted by Gasteiger charge is -2.19. The Bertz CT molecular complexity index is 385. The summed E-state index contributed by atoms with van der Waals surface area (Å²) in [5.41, 5.74) is 0.654. The van der Waals surface area contributed by atoms with Gasteiger partial charge in [0.25, 0.3) is 5.91 Å². The summed E-state index contributed by atoms with van der Waals surface area (Å²) in [5.74, 6) is -0.283. The molecule has 3 nitrogen and oxygen atoms in total. The number of nitrogens with one attached hydrogen (secondary N) is 2. The van der Waals surface area contributed by atoms with Crippen molar-refractivity contribution < 1.29 is 14.1 Å². The van der Waals surface area contributed by atoms with E-state index in [1.165, 1.54) is 29.9 Å². The van der Waals surface area contributed by atoms with E-state index in [4.69, 9.17) is 0 Å². The van der Waals surface area contributed by atoms with Crippen LogP contribution in [0.2, 0.25) is 0 Å². The summed E-state index contributed by atoms with van der Waals surface area (Å²) in [7, 11) is 0. The number of hydrogen-bond donors (Lipinski definition) is 2. The van der Waals surface area contributed by atoms with Crippen LogP contribution in [-0.4, -0.2) is 25.0 Å². The third-order valence-electron chi connectivity index (χ3n) is 3.36. The van der Waals surface area contributed by atoms with Gasteiger partial charge in [0.05, 0.1) is 13.1 Å². The molecule has 0 aliphatic carbocycles. The molecule has 1 aromatic carbocycles. The third kappa shape index (κ3) is 3.03. The van der Waals surface area contributed by atoms with Gasteiger partial charge in [-0.3, -0.25) is 4.79 Å². The lowest BCUT2D eigenvalue weighted by Crippen LogP contribution is -3.14. The van der Waals surface area contributed by atoms with Gasteiger partial charge in [-0.15, -0.1) is 0 Å². The van der Waals surface area contributed by atoms with Gasteiger partial charge in [-0.2, -0.15) is 0 Å². The first kappa shape index (κ1) is 12.0. The number of quaternary nitrogens is 1. The van der Waals surface area contributed by atoms with Crippen molar-refractivity contribution in [2.75, 3.05) is 18.4 Å². The fraction of sp³-hybridized carbons (Fsp3) is 0.462. The highest BCUT2D eigenvalue weighted by atomic mass is 19.1. The first-order valence-corrected chi connectivity index (χ1v) is 6.08. The Balaban J connectivity index is 1.93. The molecule has 4 heteroatoms. The molecule has 0 saturated carbocycles. The highest BCUT2D eigenvalue weighted by molar-refractivity contribution is 5.93. The predicted octanol–water partition coefficient (Wildman–Crippen LogP) is 0.831. The van der Waals surface area contributed by atoms with Gasteiger partial charge < -0.3 is 10.2 Å². The number of hydrogen-bond acceptors (Lipinski definition) is 1. The van der Waals surface area contributed by atoms with Gasteiger partial charge in [-0.25, -0.2) is 4.39 Å². The van der Waals surface area contributed by atoms with Crippen LogP contribution in [0.1, 0.15) is 19.8 Å². The summed E-state index contributed by atoms with van der Waals surface area (Å²) in [6.45, 7) is 4.08. The molecule has 0 unspecified atom stereocenters. The van der Waals surface area contributed by atoms with E-state index in [0.29, 0.717) is 5.69 Å². The summed E-state index contributed by atoms with van der Waals surface area (Å²) < 4.78 is 12.7. The topological polar surface area (TPSA) is 33.5 Å². The van der Waals surface area contributed by atoms with E-state index in [-0.39, 0.29) is 17.8 Å². The molecule has 1 aliphatic rings. The maximum Gasteiger partial charge on any atom is 0.282 e. The fourth-order valence-corrected chi connectivity index (χ4v) is 2.23. The van der Waals surface area contributed by atoms with E-state index < -0.39 is 0 Å². The molecule has 1 saturated heterocycles. The Hall–Kier alpha value is -1.42. The zero-order chi connectivity index (χ0) is 12.3. The largest absolute Gasteiger partial charge is 0.325 e. The van der Waals surface area contributed by atoms with Gasteiger partial charge in [0.2, 0.25) is 0 Å². The van der Waals surface area contributed by atoms with Crippen LogP contribution in [0.25, 0.3) is 0 Å². The molecule has 1 atom stereocenters. The van der Waals surface area contributed by atoms with Crippen molar-refractivity contribution in [3.05, 3.63) is 30.1 Å². The van der Waals surface area contributed by atoms with Crippen LogP contribution in [0.15, 0.2) is 24.3 Å². The van der Waals surface area contributed by atoms with Crippen molar-refractivity contribution in [2.45, 2.75) is 25.8 Å². The Morgan fingerprint density at radius 1 is 1.29 bits per heavy atom. The van der Waals surface area contributed by atoms with Gasteiger partial charge in [-0.1, -0.05) is 0 Å². The van der Waals surface area contributed by atoms with Crippen molar-refractivity contribution in [3.63, 3.8) is 0 Å². The second-order valence-corrected chi connectivity index (χ2v) is 4.58. The average molecular weight is 237 g/mol. The number of likely N-dealkylation sites (tertiary alicyclic amines) is 1. The summed E-state index contributed by atoms with van der Waals surface area (Å²) in [6, 6.07) is 5.83. The van der Waals surface area contributed by atoms with Crippen LogP contribution in [0, 0.1) is 5.82 Å². The molecule has 1 amide bonds. The Morgan fingerprint density at radius 2 is 1.88 bits per heavy atom. The van der Waals surface area contributed by atoms with Crippen LogP contribution in [0.5, 0.6) is 0 Å². The molecule has 17 heavy (non-hydrogen) atoms.